The SMILES string of the molecule is COc1c(F)cncc1CC#N. The van der Waals surface area contributed by atoms with Gasteiger partial charge in [-0.25, -0.2) is 4.39 Å². The predicted molar refractivity (Wildman–Crippen MR) is 40.1 cm³/mol. The van der Waals surface area contributed by atoms with Gasteiger partial charge in [-0.3, -0.25) is 4.98 Å². The van der Waals surface area contributed by atoms with E-state index in [2.05, 4.69) is 4.98 Å². The van der Waals surface area contributed by atoms with Crippen molar-refractivity contribution in [3.8, 4) is 11.8 Å². The monoisotopic (exact) mass is 166 g/mol. The molecule has 0 spiro atoms. The number of nitrogens with zero attached hydrogens (tertiary/aromatic N) is 2. The summed E-state index contributed by atoms with van der Waals surface area (Å²) in [5.74, 6) is -0.434. The van der Waals surface area contributed by atoms with Crippen LogP contribution in [0.25, 0.3) is 0 Å². The molecule has 0 aliphatic carbocycles. The molecule has 0 saturated heterocycles. The highest BCUT2D eigenvalue weighted by atomic mass is 19.1. The summed E-state index contributed by atoms with van der Waals surface area (Å²) < 4.78 is 17.6. The van der Waals surface area contributed by atoms with Gasteiger partial charge in [0.05, 0.1) is 25.8 Å². The van der Waals surface area contributed by atoms with Gasteiger partial charge in [0.1, 0.15) is 0 Å². The fraction of sp³-hybridized carbons (Fsp3) is 0.250. The molecule has 0 bridgehead atoms. The van der Waals surface area contributed by atoms with Crippen molar-refractivity contribution in [2.24, 2.45) is 0 Å². The Morgan fingerprint density at radius 3 is 3.00 bits per heavy atom. The fourth-order valence-corrected chi connectivity index (χ4v) is 0.903. The number of hydrogen-bond acceptors (Lipinski definition) is 3. The minimum atomic E-state index is -0.537. The smallest absolute Gasteiger partial charge is 0.183 e. The van der Waals surface area contributed by atoms with Crippen LogP contribution in [0.4, 0.5) is 4.39 Å². The van der Waals surface area contributed by atoms with E-state index in [0.29, 0.717) is 5.56 Å². The lowest BCUT2D eigenvalue weighted by molar-refractivity contribution is 0.381. The molecule has 0 aliphatic heterocycles. The van der Waals surface area contributed by atoms with E-state index in [1.165, 1.54) is 13.3 Å². The molecule has 0 aromatic carbocycles. The van der Waals surface area contributed by atoms with Crippen molar-refractivity contribution >= 4 is 0 Å². The van der Waals surface area contributed by atoms with Gasteiger partial charge in [0.2, 0.25) is 0 Å². The van der Waals surface area contributed by atoms with Crippen LogP contribution in [0.2, 0.25) is 0 Å². The van der Waals surface area contributed by atoms with Gasteiger partial charge in [-0.05, 0) is 0 Å². The third kappa shape index (κ3) is 1.51. The number of methoxy groups -OCH3 is 1. The Kier molecular flexibility index (Phi) is 2.59. The van der Waals surface area contributed by atoms with Crippen molar-refractivity contribution in [2.75, 3.05) is 7.11 Å². The fourth-order valence-electron chi connectivity index (χ4n) is 0.903. The molecule has 1 aromatic heterocycles. The molecule has 0 unspecified atom stereocenters. The highest BCUT2D eigenvalue weighted by Gasteiger charge is 2.07. The van der Waals surface area contributed by atoms with E-state index < -0.39 is 5.82 Å². The van der Waals surface area contributed by atoms with Crippen LogP contribution >= 0.6 is 0 Å². The number of hydrogen-bond donors (Lipinski definition) is 0. The molecule has 1 heterocycles. The van der Waals surface area contributed by atoms with Crippen molar-refractivity contribution in [1.82, 2.24) is 4.98 Å². The first-order valence-corrected chi connectivity index (χ1v) is 3.33. The number of aromatic nitrogens is 1. The molecule has 4 heteroatoms. The summed E-state index contributed by atoms with van der Waals surface area (Å²) in [7, 11) is 1.36. The van der Waals surface area contributed by atoms with E-state index >= 15 is 0 Å². The first-order chi connectivity index (χ1) is 5.79. The molecule has 0 fully saturated rings. The van der Waals surface area contributed by atoms with Crippen LogP contribution in [0.5, 0.6) is 5.75 Å². The summed E-state index contributed by atoms with van der Waals surface area (Å²) in [5, 5.41) is 8.37. The average Bonchev–Trinajstić information content (AvgIpc) is 2.05. The van der Waals surface area contributed by atoms with Gasteiger partial charge in [0, 0.05) is 11.8 Å². The van der Waals surface area contributed by atoms with E-state index in [9.17, 15) is 4.39 Å². The molecular weight excluding hydrogens is 159 g/mol. The minimum Gasteiger partial charge on any atom is -0.493 e. The molecule has 62 valence electrons. The molecule has 3 nitrogen and oxygen atoms in total. The molecule has 12 heavy (non-hydrogen) atoms. The molecule has 0 radical (unpaired) electrons. The van der Waals surface area contributed by atoms with Crippen molar-refractivity contribution in [1.29, 1.82) is 5.26 Å². The summed E-state index contributed by atoms with van der Waals surface area (Å²) in [4.78, 5) is 3.61. The molecule has 0 amide bonds. The van der Waals surface area contributed by atoms with Crippen LogP contribution in [-0.2, 0) is 6.42 Å². The number of nitriles is 1. The van der Waals surface area contributed by atoms with Crippen LogP contribution in [0.3, 0.4) is 0 Å². The molecule has 1 aromatic rings. The first kappa shape index (κ1) is 8.47. The van der Waals surface area contributed by atoms with Gasteiger partial charge >= 0.3 is 0 Å². The second-order valence-corrected chi connectivity index (χ2v) is 2.15. The van der Waals surface area contributed by atoms with Gasteiger partial charge < -0.3 is 4.74 Å². The Hall–Kier alpha value is -1.63. The molecule has 0 saturated carbocycles. The predicted octanol–water partition coefficient (Wildman–Crippen LogP) is 1.30. The molecule has 0 atom stereocenters. The Morgan fingerprint density at radius 2 is 2.42 bits per heavy atom. The maximum Gasteiger partial charge on any atom is 0.183 e. The molecule has 0 N–H and O–H groups in total. The third-order valence-electron chi connectivity index (χ3n) is 1.40. The normalized spacial score (nSPS) is 9.08. The third-order valence-corrected chi connectivity index (χ3v) is 1.40. The lowest BCUT2D eigenvalue weighted by atomic mass is 10.2. The first-order valence-electron chi connectivity index (χ1n) is 3.33. The second-order valence-electron chi connectivity index (χ2n) is 2.15. The number of halogens is 1. The summed E-state index contributed by atoms with van der Waals surface area (Å²) in [5.41, 5.74) is 0.472. The van der Waals surface area contributed by atoms with E-state index in [-0.39, 0.29) is 12.2 Å². The Labute approximate surface area is 69.4 Å². The zero-order chi connectivity index (χ0) is 8.97. The Balaban J connectivity index is 3.11. The quantitative estimate of drug-likeness (QED) is 0.665. The standard InChI is InChI=1S/C8H7FN2O/c1-12-8-6(2-3-10)4-11-5-7(8)9/h4-5H,2H2,1H3. The van der Waals surface area contributed by atoms with E-state index in [4.69, 9.17) is 10.00 Å². The van der Waals surface area contributed by atoms with Crippen LogP contribution in [0.1, 0.15) is 5.56 Å². The number of pyridine rings is 1. The molecular formula is C8H7FN2O. The van der Waals surface area contributed by atoms with Gasteiger partial charge in [-0.1, -0.05) is 0 Å². The summed E-state index contributed by atoms with van der Waals surface area (Å²) >= 11 is 0. The lowest BCUT2D eigenvalue weighted by Crippen LogP contribution is -1.95. The zero-order valence-electron chi connectivity index (χ0n) is 6.54. The average molecular weight is 166 g/mol. The Bertz CT molecular complexity index is 319. The van der Waals surface area contributed by atoms with Gasteiger partial charge in [-0.15, -0.1) is 0 Å². The van der Waals surface area contributed by atoms with Crippen molar-refractivity contribution < 1.29 is 9.13 Å². The lowest BCUT2D eigenvalue weighted by Gasteiger charge is -2.04. The second kappa shape index (κ2) is 3.67. The maximum atomic E-state index is 12.9. The van der Waals surface area contributed by atoms with Crippen LogP contribution in [0, 0.1) is 17.1 Å². The Morgan fingerprint density at radius 1 is 1.67 bits per heavy atom. The van der Waals surface area contributed by atoms with Crippen LogP contribution < -0.4 is 4.74 Å². The summed E-state index contributed by atoms with van der Waals surface area (Å²) in [6, 6.07) is 1.90. The highest BCUT2D eigenvalue weighted by molar-refractivity contribution is 5.33. The van der Waals surface area contributed by atoms with Crippen molar-refractivity contribution in [2.45, 2.75) is 6.42 Å². The van der Waals surface area contributed by atoms with Gasteiger partial charge in [0.15, 0.2) is 11.6 Å². The minimum absolute atomic E-state index is 0.103. The van der Waals surface area contributed by atoms with Crippen molar-refractivity contribution in [3.05, 3.63) is 23.8 Å². The number of rotatable bonds is 2. The van der Waals surface area contributed by atoms with E-state index in [1.807, 2.05) is 6.07 Å². The van der Waals surface area contributed by atoms with Gasteiger partial charge in [-0.2, -0.15) is 5.26 Å². The number of ether oxygens (including phenoxy) is 1. The van der Waals surface area contributed by atoms with E-state index in [0.717, 1.165) is 6.20 Å². The van der Waals surface area contributed by atoms with Gasteiger partial charge in [0.25, 0.3) is 0 Å². The summed E-state index contributed by atoms with van der Waals surface area (Å²) in [6.45, 7) is 0. The van der Waals surface area contributed by atoms with Crippen LogP contribution in [0.15, 0.2) is 12.4 Å². The molecule has 0 aliphatic rings. The maximum absolute atomic E-state index is 12.9. The van der Waals surface area contributed by atoms with Crippen LogP contribution in [-0.4, -0.2) is 12.1 Å². The largest absolute Gasteiger partial charge is 0.493 e. The van der Waals surface area contributed by atoms with E-state index in [1.54, 1.807) is 0 Å². The topological polar surface area (TPSA) is 45.9 Å². The summed E-state index contributed by atoms with van der Waals surface area (Å²) in [6.07, 6.45) is 2.58. The zero-order valence-corrected chi connectivity index (χ0v) is 6.54. The highest BCUT2D eigenvalue weighted by Crippen LogP contribution is 2.20. The molecule has 1 rings (SSSR count). The van der Waals surface area contributed by atoms with Crippen molar-refractivity contribution in [3.63, 3.8) is 0 Å².